The Morgan fingerprint density at radius 1 is 1.17 bits per heavy atom. The van der Waals surface area contributed by atoms with Crippen molar-refractivity contribution in [1.82, 2.24) is 0 Å². The molecule has 1 aromatic carbocycles. The highest BCUT2D eigenvalue weighted by Crippen LogP contribution is 2.36. The zero-order valence-corrected chi connectivity index (χ0v) is 16.6. The lowest BCUT2D eigenvalue weighted by atomic mass is 10.1. The summed E-state index contributed by atoms with van der Waals surface area (Å²) in [5.74, 6) is -0.206. The summed E-state index contributed by atoms with van der Waals surface area (Å²) in [5.41, 5.74) is 0.897. The first kappa shape index (κ1) is 20.7. The fourth-order valence-corrected chi connectivity index (χ4v) is 2.91. The molecule has 24 heavy (non-hydrogen) atoms. The summed E-state index contributed by atoms with van der Waals surface area (Å²) in [6.45, 7) is 12.1. The number of ether oxygens (including phenoxy) is 2. The van der Waals surface area contributed by atoms with Crippen molar-refractivity contribution in [3.63, 3.8) is 0 Å². The molecule has 5 nitrogen and oxygen atoms in total. The lowest BCUT2D eigenvalue weighted by Crippen LogP contribution is -2.41. The third kappa shape index (κ3) is 6.26. The summed E-state index contributed by atoms with van der Waals surface area (Å²) in [7, 11) is -0.334. The van der Waals surface area contributed by atoms with Gasteiger partial charge in [0.25, 0.3) is 0 Å². The molecule has 0 aliphatic carbocycles. The van der Waals surface area contributed by atoms with E-state index in [0.29, 0.717) is 19.6 Å². The van der Waals surface area contributed by atoms with Gasteiger partial charge in [0.05, 0.1) is 6.61 Å². The fourth-order valence-electron chi connectivity index (χ4n) is 1.88. The first-order chi connectivity index (χ1) is 11.1. The minimum atomic E-state index is -1.73. The predicted octanol–water partition coefficient (Wildman–Crippen LogP) is 3.73. The van der Waals surface area contributed by atoms with Crippen LogP contribution < -0.4 is 4.74 Å². The number of benzene rings is 1. The van der Waals surface area contributed by atoms with E-state index in [1.165, 1.54) is 7.11 Å². The van der Waals surface area contributed by atoms with Crippen molar-refractivity contribution in [3.8, 4) is 5.75 Å². The van der Waals surface area contributed by atoms with Crippen LogP contribution in [0.5, 0.6) is 5.75 Å². The molecule has 0 aliphatic heterocycles. The maximum atomic E-state index is 11.0. The van der Waals surface area contributed by atoms with E-state index in [0.717, 1.165) is 11.3 Å². The van der Waals surface area contributed by atoms with E-state index in [1.54, 1.807) is 0 Å². The summed E-state index contributed by atoms with van der Waals surface area (Å²) in [6.07, 6.45) is -0.490. The van der Waals surface area contributed by atoms with Gasteiger partial charge in [0.2, 0.25) is 0 Å². The van der Waals surface area contributed by atoms with Crippen molar-refractivity contribution in [2.45, 2.75) is 51.4 Å². The van der Waals surface area contributed by atoms with Gasteiger partial charge in [-0.3, -0.25) is 0 Å². The Labute approximate surface area is 146 Å². The van der Waals surface area contributed by atoms with Crippen LogP contribution in [0, 0.1) is 0 Å². The highest BCUT2D eigenvalue weighted by atomic mass is 28.4. The minimum Gasteiger partial charge on any atom is -0.491 e. The second-order valence-corrected chi connectivity index (χ2v) is 12.2. The molecule has 0 saturated carbocycles. The second-order valence-electron chi connectivity index (χ2n) is 7.37. The number of carbonyl (C=O) groups is 1. The average molecular weight is 355 g/mol. The molecule has 0 spiro atoms. The van der Waals surface area contributed by atoms with Crippen LogP contribution >= 0.6 is 0 Å². The molecular weight excluding hydrogens is 324 g/mol. The molecule has 6 heteroatoms. The lowest BCUT2D eigenvalue weighted by molar-refractivity contribution is -0.148. The monoisotopic (exact) mass is 354 g/mol. The molecule has 1 rings (SSSR count). The van der Waals surface area contributed by atoms with Gasteiger partial charge in [-0.15, -0.1) is 0 Å². The van der Waals surface area contributed by atoms with Gasteiger partial charge in [0.1, 0.15) is 12.4 Å². The lowest BCUT2D eigenvalue weighted by Gasteiger charge is -2.36. The third-order valence-corrected chi connectivity index (χ3v) is 9.06. The zero-order chi connectivity index (χ0) is 18.4. The Bertz CT molecular complexity index is 519. The Morgan fingerprint density at radius 3 is 2.21 bits per heavy atom. The quantitative estimate of drug-likeness (QED) is 0.541. The van der Waals surface area contributed by atoms with Crippen molar-refractivity contribution in [2.75, 3.05) is 20.3 Å². The molecule has 0 bridgehead atoms. The summed E-state index contributed by atoms with van der Waals surface area (Å²) in [5, 5.41) is 9.19. The highest BCUT2D eigenvalue weighted by molar-refractivity contribution is 6.74. The second kappa shape index (κ2) is 8.64. The summed E-state index contributed by atoms with van der Waals surface area (Å²) in [4.78, 5) is 11.0. The van der Waals surface area contributed by atoms with Crippen LogP contribution in [0.25, 0.3) is 0 Å². The van der Waals surface area contributed by atoms with Crippen LogP contribution in [-0.2, 0) is 20.4 Å². The van der Waals surface area contributed by atoms with Gasteiger partial charge in [0.15, 0.2) is 14.4 Å². The number of rotatable bonds is 9. The van der Waals surface area contributed by atoms with Crippen LogP contribution in [0.1, 0.15) is 26.3 Å². The summed E-state index contributed by atoms with van der Waals surface area (Å²) >= 11 is 0. The van der Waals surface area contributed by atoms with Crippen LogP contribution in [0.4, 0.5) is 0 Å². The van der Waals surface area contributed by atoms with Gasteiger partial charge in [0, 0.05) is 13.5 Å². The standard InChI is InChI=1S/C18H30O5Si/c1-18(2,3)24(5,6)23-12-11-22-15-9-7-14(8-10-15)13-16(21-4)17(19)20/h7-10,16H,11-13H2,1-6H3,(H,19,20). The number of carboxylic acids is 1. The van der Waals surface area contributed by atoms with Gasteiger partial charge in [-0.2, -0.15) is 0 Å². The van der Waals surface area contributed by atoms with Crippen molar-refractivity contribution in [1.29, 1.82) is 0 Å². The van der Waals surface area contributed by atoms with E-state index in [9.17, 15) is 4.79 Å². The van der Waals surface area contributed by atoms with E-state index < -0.39 is 20.4 Å². The van der Waals surface area contributed by atoms with E-state index in [2.05, 4.69) is 33.9 Å². The van der Waals surface area contributed by atoms with Gasteiger partial charge >= 0.3 is 5.97 Å². The Morgan fingerprint density at radius 2 is 1.75 bits per heavy atom. The SMILES string of the molecule is COC(Cc1ccc(OCCO[Si](C)(C)C(C)(C)C)cc1)C(=O)O. The van der Waals surface area contributed by atoms with Crippen molar-refractivity contribution in [3.05, 3.63) is 29.8 Å². The summed E-state index contributed by atoms with van der Waals surface area (Å²) < 4.78 is 16.7. The van der Waals surface area contributed by atoms with Crippen molar-refractivity contribution in [2.24, 2.45) is 0 Å². The molecule has 1 atom stereocenters. The van der Waals surface area contributed by atoms with Crippen molar-refractivity contribution >= 4 is 14.3 Å². The van der Waals surface area contributed by atoms with Gasteiger partial charge in [-0.25, -0.2) is 4.79 Å². The van der Waals surface area contributed by atoms with Crippen LogP contribution in [-0.4, -0.2) is 45.8 Å². The average Bonchev–Trinajstić information content (AvgIpc) is 2.49. The first-order valence-corrected chi connectivity index (χ1v) is 11.1. The number of hydrogen-bond donors (Lipinski definition) is 1. The summed E-state index contributed by atoms with van der Waals surface area (Å²) in [6, 6.07) is 7.41. The Balaban J connectivity index is 2.44. The molecule has 0 aliphatic rings. The molecule has 0 amide bonds. The normalized spacial score (nSPS) is 13.6. The number of hydrogen-bond acceptors (Lipinski definition) is 4. The smallest absolute Gasteiger partial charge is 0.333 e. The molecule has 0 saturated heterocycles. The van der Waals surface area contributed by atoms with Crippen LogP contribution in [0.3, 0.4) is 0 Å². The molecular formula is C18H30O5Si. The number of carboxylic acid groups (broad SMARTS) is 1. The topological polar surface area (TPSA) is 65.0 Å². The molecule has 136 valence electrons. The highest BCUT2D eigenvalue weighted by Gasteiger charge is 2.36. The van der Waals surface area contributed by atoms with Gasteiger partial charge in [-0.1, -0.05) is 32.9 Å². The maximum Gasteiger partial charge on any atom is 0.333 e. The first-order valence-electron chi connectivity index (χ1n) is 8.18. The molecule has 0 heterocycles. The molecule has 1 N–H and O–H groups in total. The van der Waals surface area contributed by atoms with Gasteiger partial charge in [-0.05, 0) is 35.8 Å². The zero-order valence-electron chi connectivity index (χ0n) is 15.6. The van der Waals surface area contributed by atoms with Crippen LogP contribution in [0.2, 0.25) is 18.1 Å². The van der Waals surface area contributed by atoms with Gasteiger partial charge < -0.3 is 19.0 Å². The molecule has 0 aromatic heterocycles. The molecule has 0 fully saturated rings. The Kier molecular flexibility index (Phi) is 7.44. The number of methoxy groups -OCH3 is 1. The molecule has 0 radical (unpaired) electrons. The maximum absolute atomic E-state index is 11.0. The van der Waals surface area contributed by atoms with E-state index in [-0.39, 0.29) is 5.04 Å². The van der Waals surface area contributed by atoms with Crippen molar-refractivity contribution < 1.29 is 23.8 Å². The number of aliphatic carboxylic acids is 1. The molecule has 1 aromatic rings. The van der Waals surface area contributed by atoms with E-state index >= 15 is 0 Å². The fraction of sp³-hybridized carbons (Fsp3) is 0.611. The predicted molar refractivity (Wildman–Crippen MR) is 97.2 cm³/mol. The Hall–Kier alpha value is -1.37. The van der Waals surface area contributed by atoms with E-state index in [4.69, 9.17) is 19.0 Å². The van der Waals surface area contributed by atoms with E-state index in [1.807, 2.05) is 24.3 Å². The molecule has 1 unspecified atom stereocenters. The largest absolute Gasteiger partial charge is 0.491 e. The van der Waals surface area contributed by atoms with Crippen LogP contribution in [0.15, 0.2) is 24.3 Å². The minimum absolute atomic E-state index is 0.191. The third-order valence-electron chi connectivity index (χ3n) is 4.53.